The van der Waals surface area contributed by atoms with Crippen LogP contribution >= 0.6 is 0 Å². The fraction of sp³-hybridized carbons (Fsp3) is 0.667. The third-order valence-corrected chi connectivity index (χ3v) is 1.81. The van der Waals surface area contributed by atoms with E-state index in [4.69, 9.17) is 5.73 Å². The van der Waals surface area contributed by atoms with Crippen LogP contribution in [0, 0.1) is 0 Å². The Hall–Kier alpha value is -1.43. The van der Waals surface area contributed by atoms with Gasteiger partial charge < -0.3 is 11.1 Å². The van der Waals surface area contributed by atoms with Crippen molar-refractivity contribution < 1.29 is 4.79 Å². The van der Waals surface area contributed by atoms with Crippen LogP contribution < -0.4 is 11.1 Å². The van der Waals surface area contributed by atoms with Crippen LogP contribution in [0.1, 0.15) is 26.0 Å². The van der Waals surface area contributed by atoms with Gasteiger partial charge in [-0.05, 0) is 13.8 Å². The van der Waals surface area contributed by atoms with Gasteiger partial charge in [0.15, 0.2) is 0 Å². The molecule has 6 heteroatoms. The van der Waals surface area contributed by atoms with Crippen molar-refractivity contribution in [3.8, 4) is 0 Å². The molecule has 0 unspecified atom stereocenters. The molecule has 0 atom stereocenters. The lowest BCUT2D eigenvalue weighted by Gasteiger charge is -2.07. The standard InChI is InChI=1S/C9H17N5O/c1-7(2)11-9(15)3-4-14-6-8(5-10)12-13-14/h6-7H,3-5,10H2,1-2H3,(H,11,15). The Labute approximate surface area is 88.8 Å². The number of nitrogens with two attached hydrogens (primary N) is 1. The molecule has 1 amide bonds. The average molecular weight is 211 g/mol. The largest absolute Gasteiger partial charge is 0.354 e. The minimum atomic E-state index is 0.0230. The van der Waals surface area contributed by atoms with E-state index in [0.29, 0.717) is 19.5 Å². The van der Waals surface area contributed by atoms with Gasteiger partial charge in [-0.1, -0.05) is 5.21 Å². The second-order valence-electron chi connectivity index (χ2n) is 3.65. The van der Waals surface area contributed by atoms with Crippen LogP contribution in [0.4, 0.5) is 0 Å². The number of nitrogens with zero attached hydrogens (tertiary/aromatic N) is 3. The zero-order chi connectivity index (χ0) is 11.3. The van der Waals surface area contributed by atoms with Crippen LogP contribution in [0.5, 0.6) is 0 Å². The maximum Gasteiger partial charge on any atom is 0.222 e. The molecule has 0 aliphatic heterocycles. The summed E-state index contributed by atoms with van der Waals surface area (Å²) in [5.41, 5.74) is 6.13. The maximum absolute atomic E-state index is 11.3. The minimum Gasteiger partial charge on any atom is -0.354 e. The van der Waals surface area contributed by atoms with E-state index in [1.165, 1.54) is 0 Å². The monoisotopic (exact) mass is 211 g/mol. The molecule has 0 aliphatic carbocycles. The molecule has 15 heavy (non-hydrogen) atoms. The molecule has 1 heterocycles. The maximum atomic E-state index is 11.3. The fourth-order valence-electron chi connectivity index (χ4n) is 1.15. The van der Waals surface area contributed by atoms with Crippen molar-refractivity contribution >= 4 is 5.91 Å². The van der Waals surface area contributed by atoms with E-state index in [9.17, 15) is 4.79 Å². The smallest absolute Gasteiger partial charge is 0.222 e. The molecule has 0 aromatic carbocycles. The normalized spacial score (nSPS) is 10.7. The quantitative estimate of drug-likeness (QED) is 0.697. The molecule has 0 bridgehead atoms. The van der Waals surface area contributed by atoms with E-state index in [-0.39, 0.29) is 11.9 Å². The fourth-order valence-corrected chi connectivity index (χ4v) is 1.15. The van der Waals surface area contributed by atoms with Gasteiger partial charge in [-0.25, -0.2) is 0 Å². The Balaban J connectivity index is 2.33. The zero-order valence-electron chi connectivity index (χ0n) is 9.10. The van der Waals surface area contributed by atoms with Crippen molar-refractivity contribution in [1.82, 2.24) is 20.3 Å². The van der Waals surface area contributed by atoms with E-state index < -0.39 is 0 Å². The summed E-state index contributed by atoms with van der Waals surface area (Å²) in [6.07, 6.45) is 2.16. The first-order valence-electron chi connectivity index (χ1n) is 5.00. The van der Waals surface area contributed by atoms with Crippen LogP contribution in [0.25, 0.3) is 0 Å². The Kier molecular flexibility index (Phi) is 4.23. The van der Waals surface area contributed by atoms with Gasteiger partial charge in [-0.15, -0.1) is 5.10 Å². The second kappa shape index (κ2) is 5.45. The van der Waals surface area contributed by atoms with Gasteiger partial charge in [0.25, 0.3) is 0 Å². The highest BCUT2D eigenvalue weighted by molar-refractivity contribution is 5.75. The van der Waals surface area contributed by atoms with Gasteiger partial charge in [0, 0.05) is 25.2 Å². The summed E-state index contributed by atoms with van der Waals surface area (Å²) in [7, 11) is 0. The van der Waals surface area contributed by atoms with Crippen LogP contribution in [0.15, 0.2) is 6.20 Å². The summed E-state index contributed by atoms with van der Waals surface area (Å²) in [6, 6.07) is 0.174. The SMILES string of the molecule is CC(C)NC(=O)CCn1cc(CN)nn1. The summed E-state index contributed by atoms with van der Waals surface area (Å²) in [4.78, 5) is 11.3. The zero-order valence-corrected chi connectivity index (χ0v) is 9.10. The number of rotatable bonds is 5. The Bertz CT molecular complexity index is 320. The number of amides is 1. The molecule has 0 radical (unpaired) electrons. The number of aryl methyl sites for hydroxylation is 1. The number of carbonyl (C=O) groups is 1. The lowest BCUT2D eigenvalue weighted by molar-refractivity contribution is -0.121. The molecule has 0 saturated heterocycles. The molecular formula is C9H17N5O. The average Bonchev–Trinajstić information content (AvgIpc) is 2.61. The van der Waals surface area contributed by atoms with Crippen molar-refractivity contribution in [2.24, 2.45) is 5.73 Å². The molecule has 0 fully saturated rings. The Morgan fingerprint density at radius 1 is 1.67 bits per heavy atom. The molecule has 0 saturated carbocycles. The summed E-state index contributed by atoms with van der Waals surface area (Å²) >= 11 is 0. The minimum absolute atomic E-state index is 0.0230. The first-order chi connectivity index (χ1) is 7.11. The van der Waals surface area contributed by atoms with Gasteiger partial charge in [0.1, 0.15) is 0 Å². The predicted octanol–water partition coefficient (Wildman–Crippen LogP) is -0.348. The third-order valence-electron chi connectivity index (χ3n) is 1.81. The molecule has 3 N–H and O–H groups in total. The molecule has 1 aromatic heterocycles. The van der Waals surface area contributed by atoms with E-state index in [0.717, 1.165) is 5.69 Å². The van der Waals surface area contributed by atoms with Crippen LogP contribution in [-0.4, -0.2) is 26.9 Å². The van der Waals surface area contributed by atoms with Gasteiger partial charge >= 0.3 is 0 Å². The first-order valence-corrected chi connectivity index (χ1v) is 5.00. The molecule has 0 aliphatic rings. The number of nitrogens with one attached hydrogen (secondary N) is 1. The Morgan fingerprint density at radius 3 is 2.93 bits per heavy atom. The lowest BCUT2D eigenvalue weighted by Crippen LogP contribution is -2.30. The number of hydrogen-bond acceptors (Lipinski definition) is 4. The van der Waals surface area contributed by atoms with E-state index in [1.807, 2.05) is 13.8 Å². The van der Waals surface area contributed by atoms with Crippen LogP contribution in [0.3, 0.4) is 0 Å². The number of hydrogen-bond donors (Lipinski definition) is 2. The highest BCUT2D eigenvalue weighted by Crippen LogP contribution is 1.93. The van der Waals surface area contributed by atoms with Crippen molar-refractivity contribution in [1.29, 1.82) is 0 Å². The van der Waals surface area contributed by atoms with Gasteiger partial charge in [-0.2, -0.15) is 0 Å². The molecule has 6 nitrogen and oxygen atoms in total. The van der Waals surface area contributed by atoms with Gasteiger partial charge in [0.05, 0.1) is 12.2 Å². The summed E-state index contributed by atoms with van der Waals surface area (Å²) < 4.78 is 1.63. The number of carbonyl (C=O) groups excluding carboxylic acids is 1. The molecular weight excluding hydrogens is 194 g/mol. The van der Waals surface area contributed by atoms with E-state index >= 15 is 0 Å². The van der Waals surface area contributed by atoms with Crippen molar-refractivity contribution in [2.45, 2.75) is 39.4 Å². The number of aromatic nitrogens is 3. The summed E-state index contributed by atoms with van der Waals surface area (Å²) in [6.45, 7) is 4.77. The highest BCUT2D eigenvalue weighted by Gasteiger charge is 2.04. The first kappa shape index (κ1) is 11.6. The molecule has 1 aromatic rings. The summed E-state index contributed by atoms with van der Waals surface area (Å²) in [5, 5.41) is 10.5. The van der Waals surface area contributed by atoms with Gasteiger partial charge in [0.2, 0.25) is 5.91 Å². The van der Waals surface area contributed by atoms with Crippen molar-refractivity contribution in [2.75, 3.05) is 0 Å². The molecule has 84 valence electrons. The van der Waals surface area contributed by atoms with Gasteiger partial charge in [-0.3, -0.25) is 9.48 Å². The Morgan fingerprint density at radius 2 is 2.40 bits per heavy atom. The topological polar surface area (TPSA) is 85.8 Å². The lowest BCUT2D eigenvalue weighted by atomic mass is 10.3. The van der Waals surface area contributed by atoms with E-state index in [2.05, 4.69) is 15.6 Å². The third kappa shape index (κ3) is 4.07. The van der Waals surface area contributed by atoms with Crippen LogP contribution in [-0.2, 0) is 17.9 Å². The highest BCUT2D eigenvalue weighted by atomic mass is 16.1. The molecule has 0 spiro atoms. The van der Waals surface area contributed by atoms with Crippen molar-refractivity contribution in [3.63, 3.8) is 0 Å². The van der Waals surface area contributed by atoms with Crippen molar-refractivity contribution in [3.05, 3.63) is 11.9 Å². The summed E-state index contributed by atoms with van der Waals surface area (Å²) in [5.74, 6) is 0.0230. The van der Waals surface area contributed by atoms with Crippen LogP contribution in [0.2, 0.25) is 0 Å². The molecule has 1 rings (SSSR count). The predicted molar refractivity (Wildman–Crippen MR) is 55.8 cm³/mol. The van der Waals surface area contributed by atoms with E-state index in [1.54, 1.807) is 10.9 Å². The second-order valence-corrected chi connectivity index (χ2v) is 3.65.